The second kappa shape index (κ2) is 21.7. The summed E-state index contributed by atoms with van der Waals surface area (Å²) >= 11 is 0.368. The predicted molar refractivity (Wildman–Crippen MR) is 330 cm³/mol. The van der Waals surface area contributed by atoms with Gasteiger partial charge in [0.1, 0.15) is 23.3 Å². The molecule has 2 aromatic carbocycles. The molecule has 0 saturated heterocycles. The Kier molecular flexibility index (Phi) is 14.9. The number of hydrogen-bond donors (Lipinski definition) is 2. The average molecular weight is 1290 g/mol. The standard InChI is InChI=1S/C37H40F2N2O6.C34H33F3N2O5S/c1-21-15-24-25-16-27(38)26-17-28-22(20-40-41(28)23-11-8-7-9-12-23)18-34(26,5)36(25,39)30(42)19-35(24,6)37(21,32(44)47-33(2,3)4)46-31(43)29-13-10-14-45-29;1-19-12-22-23-13-25(36)24-14-26-20(17-38-39(26)21-8-5-4-6-9-21)15-31(24,2)33(23,37)28(40)16-32(22,3)34(19,30(42)45-18-35)44-29(41)27-10-7-11-43-27/h7-14,16-17,20-21,24-25,30,42H,15,18-19H2,1-6H3;4-11,13-14,17,19,22-23,28,40H,12,15-16,18H2,1-3H3/t21-,24?,25?,30?,34+,35+,36+,37+;19-,22?,23?,28?,31+,32+,33+,34+/m11/s1. The number of alkyl halides is 3. The third kappa shape index (κ3) is 8.70. The molecule has 8 aliphatic rings. The molecule has 15 nitrogen and oxygen atoms in total. The van der Waals surface area contributed by atoms with Crippen molar-refractivity contribution in [1.29, 1.82) is 0 Å². The summed E-state index contributed by atoms with van der Waals surface area (Å²) in [5.74, 6) is -9.14. The van der Waals surface area contributed by atoms with E-state index in [2.05, 4.69) is 10.2 Å². The topological polar surface area (TPSA) is 198 Å². The van der Waals surface area contributed by atoms with Crippen LogP contribution < -0.4 is 0 Å². The van der Waals surface area contributed by atoms with Gasteiger partial charge in [0.2, 0.25) is 22.2 Å². The van der Waals surface area contributed by atoms with E-state index in [1.54, 1.807) is 96.2 Å². The van der Waals surface area contributed by atoms with E-state index in [0.29, 0.717) is 28.7 Å². The molecule has 484 valence electrons. The largest absolute Gasteiger partial charge is 0.457 e. The van der Waals surface area contributed by atoms with Crippen molar-refractivity contribution in [1.82, 2.24) is 19.6 Å². The van der Waals surface area contributed by atoms with Gasteiger partial charge in [-0.25, -0.2) is 45.7 Å². The van der Waals surface area contributed by atoms with Crippen LogP contribution in [0.3, 0.4) is 0 Å². The van der Waals surface area contributed by atoms with Crippen molar-refractivity contribution in [3.8, 4) is 11.4 Å². The first-order chi connectivity index (χ1) is 43.5. The zero-order valence-corrected chi connectivity index (χ0v) is 53.2. The highest BCUT2D eigenvalue weighted by atomic mass is 32.2. The molecule has 0 aliphatic heterocycles. The van der Waals surface area contributed by atoms with Crippen LogP contribution in [0.15, 0.2) is 154 Å². The molecule has 16 atom stereocenters. The smallest absolute Gasteiger partial charge is 0.375 e. The number of fused-ring (bicyclic) bond motifs is 12. The van der Waals surface area contributed by atoms with Gasteiger partial charge in [0.05, 0.1) is 59.9 Å². The first kappa shape index (κ1) is 63.2. The summed E-state index contributed by atoms with van der Waals surface area (Å²) < 4.78 is 115. The number of allylic oxidation sites excluding steroid dienone is 6. The maximum atomic E-state index is 18.3. The van der Waals surface area contributed by atoms with E-state index in [-0.39, 0.29) is 61.2 Å². The third-order valence-corrected chi connectivity index (χ3v) is 23.3. The highest BCUT2D eigenvalue weighted by Crippen LogP contribution is 2.74. The van der Waals surface area contributed by atoms with Crippen molar-refractivity contribution in [2.75, 3.05) is 6.01 Å². The number of para-hydroxylation sites is 2. The lowest BCUT2D eigenvalue weighted by atomic mass is 9.45. The Morgan fingerprint density at radius 3 is 1.46 bits per heavy atom. The Labute approximate surface area is 533 Å². The molecule has 4 aromatic heterocycles. The molecule has 4 fully saturated rings. The highest BCUT2D eigenvalue weighted by Gasteiger charge is 2.80. The zero-order chi connectivity index (χ0) is 65.7. The van der Waals surface area contributed by atoms with Gasteiger partial charge >= 0.3 is 17.9 Å². The Bertz CT molecular complexity index is 4070. The summed E-state index contributed by atoms with van der Waals surface area (Å²) in [6.07, 6.45) is 8.48. The van der Waals surface area contributed by atoms with Crippen molar-refractivity contribution in [3.63, 3.8) is 0 Å². The summed E-state index contributed by atoms with van der Waals surface area (Å²) in [4.78, 5) is 54.9. The number of thioether (sulfide) groups is 1. The summed E-state index contributed by atoms with van der Waals surface area (Å²) in [6.45, 7) is 15.3. The van der Waals surface area contributed by atoms with Crippen LogP contribution in [-0.2, 0) is 36.6 Å². The molecule has 0 radical (unpaired) electrons. The third-order valence-electron chi connectivity index (χ3n) is 22.6. The number of carbonyl (C=O) groups is 4. The van der Waals surface area contributed by atoms with Crippen LogP contribution in [0, 0.1) is 57.2 Å². The van der Waals surface area contributed by atoms with Gasteiger partial charge in [0, 0.05) is 45.3 Å². The molecule has 0 amide bonds. The van der Waals surface area contributed by atoms with Crippen molar-refractivity contribution in [2.24, 2.45) is 57.2 Å². The van der Waals surface area contributed by atoms with Crippen molar-refractivity contribution in [3.05, 3.63) is 179 Å². The molecular weight excluding hydrogens is 1210 g/mol. The number of aliphatic hydroxyl groups excluding tert-OH is 2. The number of halogens is 5. The molecule has 14 rings (SSSR count). The second-order valence-electron chi connectivity index (χ2n) is 28.4. The SMILES string of the molecule is C[C@@H]1CC2C3C=C(F)C4=Cc5c(cnn5-c5ccccc5)C[C@]4(C)[C@@]3(F)C(O)C[C@]2(C)[C@@]1(OC(=O)c1ccco1)C(=O)OC(C)(C)C.C[C@@H]1CC2C3C=C(F)C4=Cc5c(cnn5-c5ccccc5)C[C@]4(C)[C@@]3(F)C(O)C[C@]2(C)[C@@]1(OC(=O)c1ccco1)C(=O)SCF. The summed E-state index contributed by atoms with van der Waals surface area (Å²) in [5.41, 5.74) is -10.5. The van der Waals surface area contributed by atoms with Crippen molar-refractivity contribution >= 4 is 46.9 Å². The van der Waals surface area contributed by atoms with Gasteiger partial charge in [0.25, 0.3) is 0 Å². The van der Waals surface area contributed by atoms with Gasteiger partial charge in [-0.1, -0.05) is 77.9 Å². The number of rotatable bonds is 9. The molecule has 0 bridgehead atoms. The summed E-state index contributed by atoms with van der Waals surface area (Å²) in [6, 6.07) is 23.6. The monoisotopic (exact) mass is 1280 g/mol. The summed E-state index contributed by atoms with van der Waals surface area (Å²) in [7, 11) is 0. The minimum absolute atomic E-state index is 0.0839. The Morgan fingerprint density at radius 1 is 0.641 bits per heavy atom. The number of nitrogens with zero attached hydrogens (tertiary/aromatic N) is 4. The van der Waals surface area contributed by atoms with Crippen LogP contribution in [0.25, 0.3) is 23.5 Å². The number of furan rings is 2. The van der Waals surface area contributed by atoms with E-state index in [9.17, 15) is 33.8 Å². The normalized spacial score (nSPS) is 36.2. The number of esters is 3. The van der Waals surface area contributed by atoms with E-state index >= 15 is 17.6 Å². The number of hydrogen-bond acceptors (Lipinski definition) is 14. The molecule has 4 saturated carbocycles. The molecule has 6 unspecified atom stereocenters. The van der Waals surface area contributed by atoms with Gasteiger partial charge in [-0.05, 0) is 178 Å². The zero-order valence-electron chi connectivity index (χ0n) is 52.4. The van der Waals surface area contributed by atoms with Crippen LogP contribution in [-0.4, -0.2) is 99.2 Å². The minimum atomic E-state index is -2.35. The number of carbonyl (C=O) groups excluding carboxylic acids is 4. The van der Waals surface area contributed by atoms with Crippen molar-refractivity contribution < 1.29 is 74.4 Å². The van der Waals surface area contributed by atoms with Crippen LogP contribution in [0.5, 0.6) is 0 Å². The van der Waals surface area contributed by atoms with E-state index in [1.807, 2.05) is 60.7 Å². The Morgan fingerprint density at radius 2 is 1.05 bits per heavy atom. The Balaban J connectivity index is 0.000000168. The number of aliphatic hydroxyl groups is 2. The van der Waals surface area contributed by atoms with E-state index in [4.69, 9.17) is 23.0 Å². The van der Waals surface area contributed by atoms with Crippen LogP contribution in [0.1, 0.15) is 132 Å². The first-order valence-corrected chi connectivity index (χ1v) is 32.2. The van der Waals surface area contributed by atoms with Crippen LogP contribution in [0.2, 0.25) is 0 Å². The molecule has 6 aromatic rings. The van der Waals surface area contributed by atoms with Gasteiger partial charge in [-0.2, -0.15) is 10.2 Å². The second-order valence-corrected chi connectivity index (χ2v) is 29.2. The van der Waals surface area contributed by atoms with E-state index < -0.39 is 138 Å². The molecule has 21 heteroatoms. The fourth-order valence-corrected chi connectivity index (χ4v) is 19.2. The van der Waals surface area contributed by atoms with Gasteiger partial charge in [-0.3, -0.25) is 4.79 Å². The lowest BCUT2D eigenvalue weighted by Gasteiger charge is -2.62. The van der Waals surface area contributed by atoms with E-state index in [1.165, 1.54) is 48.9 Å². The van der Waals surface area contributed by atoms with Gasteiger partial charge < -0.3 is 33.3 Å². The van der Waals surface area contributed by atoms with Crippen LogP contribution >= 0.6 is 11.8 Å². The lowest BCUT2D eigenvalue weighted by Crippen LogP contribution is -2.70. The van der Waals surface area contributed by atoms with Gasteiger partial charge in [0.15, 0.2) is 16.9 Å². The molecule has 92 heavy (non-hydrogen) atoms. The average Bonchev–Trinajstić information content (AvgIpc) is 1.34. The maximum absolute atomic E-state index is 18.3. The fourth-order valence-electron chi connectivity index (χ4n) is 18.4. The molecular formula is C71H73F5N4O11S. The molecule has 4 heterocycles. The van der Waals surface area contributed by atoms with Crippen molar-refractivity contribution in [2.45, 2.75) is 141 Å². The molecule has 2 N–H and O–H groups in total. The first-order valence-electron chi connectivity index (χ1n) is 31.2. The summed E-state index contributed by atoms with van der Waals surface area (Å²) in [5, 5.41) is 32.3. The lowest BCUT2D eigenvalue weighted by molar-refractivity contribution is -0.227. The van der Waals surface area contributed by atoms with Gasteiger partial charge in [-0.15, -0.1) is 0 Å². The molecule has 8 aliphatic carbocycles. The highest BCUT2D eigenvalue weighted by molar-refractivity contribution is 8.13. The number of aromatic nitrogens is 4. The maximum Gasteiger partial charge on any atom is 0.375 e. The fraction of sp³-hybridized carbons (Fsp3) is 0.465. The Hall–Kier alpha value is -7.62. The number of benzene rings is 2. The van der Waals surface area contributed by atoms with Crippen LogP contribution in [0.4, 0.5) is 22.0 Å². The number of ether oxygens (including phenoxy) is 3. The predicted octanol–water partition coefficient (Wildman–Crippen LogP) is 13.8. The quantitative estimate of drug-likeness (QED) is 0.0787. The minimum Gasteiger partial charge on any atom is -0.457 e. The van der Waals surface area contributed by atoms with E-state index in [0.717, 1.165) is 16.9 Å². The molecule has 0 spiro atoms.